The van der Waals surface area contributed by atoms with Crippen molar-refractivity contribution in [2.24, 2.45) is 0 Å². The number of aryl methyl sites for hydroxylation is 1. The largest absolute Gasteiger partial charge is 0.497 e. The second-order valence-corrected chi connectivity index (χ2v) is 13.7. The Labute approximate surface area is 317 Å². The van der Waals surface area contributed by atoms with Crippen LogP contribution in [-0.2, 0) is 16.1 Å². The lowest BCUT2D eigenvalue weighted by Gasteiger charge is -2.18. The van der Waals surface area contributed by atoms with Gasteiger partial charge >= 0.3 is 0 Å². The number of thioether (sulfide) groups is 1. The first-order valence-electron chi connectivity index (χ1n) is 17.6. The van der Waals surface area contributed by atoms with Gasteiger partial charge in [0.05, 0.1) is 7.11 Å². The van der Waals surface area contributed by atoms with Gasteiger partial charge in [0, 0.05) is 50.2 Å². The van der Waals surface area contributed by atoms with Gasteiger partial charge in [-0.3, -0.25) is 14.4 Å². The molecule has 6 aromatic carbocycles. The maximum absolute atomic E-state index is 14.0. The van der Waals surface area contributed by atoms with Gasteiger partial charge in [-0.25, -0.2) is 0 Å². The molecule has 7 rings (SSSR count). The average Bonchev–Trinajstić information content (AvgIpc) is 3.53. The molecule has 0 spiro atoms. The highest BCUT2D eigenvalue weighted by molar-refractivity contribution is 8.00. The zero-order valence-corrected chi connectivity index (χ0v) is 30.6. The van der Waals surface area contributed by atoms with Crippen LogP contribution in [0.25, 0.3) is 27.9 Å². The zero-order chi connectivity index (χ0) is 37.4. The zero-order valence-electron chi connectivity index (χ0n) is 29.8. The quantitative estimate of drug-likeness (QED) is 0.0859. The molecule has 8 nitrogen and oxygen atoms in total. The van der Waals surface area contributed by atoms with E-state index in [1.165, 1.54) is 11.8 Å². The second kappa shape index (κ2) is 16.4. The van der Waals surface area contributed by atoms with E-state index in [2.05, 4.69) is 45.6 Å². The lowest BCUT2D eigenvalue weighted by molar-refractivity contribution is -0.116. The molecule has 0 fully saturated rings. The summed E-state index contributed by atoms with van der Waals surface area (Å²) in [5, 5.41) is 10.5. The number of benzene rings is 6. The Morgan fingerprint density at radius 2 is 1.39 bits per heavy atom. The number of nitrogens with zero attached hydrogens (tertiary/aromatic N) is 1. The fourth-order valence-electron chi connectivity index (χ4n) is 6.37. The predicted molar refractivity (Wildman–Crippen MR) is 219 cm³/mol. The molecule has 3 N–H and O–H groups in total. The van der Waals surface area contributed by atoms with Gasteiger partial charge in [0.15, 0.2) is 0 Å². The first kappa shape index (κ1) is 35.8. The SMILES string of the molecule is CCn1c2ccccc2c2cc(NC(=O)C(Sc3ccc(NC(=O)/C(=C/c4cccc(OC)c4)NC(=O)c4ccccc4)cc3)c3ccccc3)ccc21. The summed E-state index contributed by atoms with van der Waals surface area (Å²) in [6.45, 7) is 2.98. The second-order valence-electron chi connectivity index (χ2n) is 12.5. The number of para-hydroxylation sites is 1. The van der Waals surface area contributed by atoms with E-state index in [1.807, 2.05) is 84.9 Å². The normalized spacial score (nSPS) is 11.9. The van der Waals surface area contributed by atoms with E-state index >= 15 is 0 Å². The number of anilines is 2. The van der Waals surface area contributed by atoms with Gasteiger partial charge in [0.25, 0.3) is 11.8 Å². The van der Waals surface area contributed by atoms with Crippen molar-refractivity contribution in [2.75, 3.05) is 17.7 Å². The Hall–Kier alpha value is -6.58. The number of carbonyl (C=O) groups excluding carboxylic acids is 3. The molecular formula is C45H38N4O4S. The molecule has 0 saturated heterocycles. The minimum absolute atomic E-state index is 0.0637. The van der Waals surface area contributed by atoms with Crippen LogP contribution in [0.2, 0.25) is 0 Å². The molecule has 0 aliphatic heterocycles. The molecular weight excluding hydrogens is 693 g/mol. The van der Waals surface area contributed by atoms with E-state index in [4.69, 9.17) is 4.74 Å². The molecule has 0 bridgehead atoms. The number of ether oxygens (including phenoxy) is 1. The number of rotatable bonds is 12. The van der Waals surface area contributed by atoms with Crippen LogP contribution < -0.4 is 20.7 Å². The Bertz CT molecular complexity index is 2480. The number of fused-ring (bicyclic) bond motifs is 3. The molecule has 54 heavy (non-hydrogen) atoms. The molecule has 1 atom stereocenters. The van der Waals surface area contributed by atoms with Crippen molar-refractivity contribution in [3.05, 3.63) is 174 Å². The van der Waals surface area contributed by atoms with Crippen LogP contribution in [0.4, 0.5) is 11.4 Å². The van der Waals surface area contributed by atoms with Gasteiger partial charge in [0.1, 0.15) is 16.7 Å². The first-order chi connectivity index (χ1) is 26.4. The molecule has 0 aliphatic rings. The fraction of sp³-hybridized carbons (Fsp3) is 0.0889. The van der Waals surface area contributed by atoms with E-state index in [1.54, 1.807) is 61.7 Å². The Morgan fingerprint density at radius 1 is 0.704 bits per heavy atom. The van der Waals surface area contributed by atoms with Gasteiger partial charge in [0.2, 0.25) is 5.91 Å². The number of aromatic nitrogens is 1. The third kappa shape index (κ3) is 8.06. The van der Waals surface area contributed by atoms with E-state index in [-0.39, 0.29) is 11.6 Å². The van der Waals surface area contributed by atoms with Crippen LogP contribution >= 0.6 is 11.8 Å². The fourth-order valence-corrected chi connectivity index (χ4v) is 7.40. The number of amides is 3. The maximum Gasteiger partial charge on any atom is 0.272 e. The number of hydrogen-bond donors (Lipinski definition) is 3. The highest BCUT2D eigenvalue weighted by atomic mass is 32.2. The van der Waals surface area contributed by atoms with E-state index in [9.17, 15) is 14.4 Å². The topological polar surface area (TPSA) is 101 Å². The average molecular weight is 731 g/mol. The third-order valence-corrected chi connectivity index (χ3v) is 10.3. The smallest absolute Gasteiger partial charge is 0.272 e. The summed E-state index contributed by atoms with van der Waals surface area (Å²) in [6.07, 6.45) is 1.60. The van der Waals surface area contributed by atoms with Crippen LogP contribution in [0.5, 0.6) is 5.75 Å². The summed E-state index contributed by atoms with van der Waals surface area (Å²) in [4.78, 5) is 41.6. The summed E-state index contributed by atoms with van der Waals surface area (Å²) in [5.74, 6) is -0.439. The maximum atomic E-state index is 14.0. The standard InChI is InChI=1S/C45H38N4O4S/c1-3-49-40-20-11-10-19-37(40)38-29-34(23-26-41(38)49)47-45(52)42(31-14-6-4-7-15-31)54-36-24-21-33(22-25-36)46-44(51)39(28-30-13-12-18-35(27-30)53-2)48-43(50)32-16-8-5-9-17-32/h4-29,42H,3H2,1-2H3,(H,46,51)(H,47,52)(H,48,50)/b39-28-. The van der Waals surface area contributed by atoms with E-state index in [0.717, 1.165) is 44.5 Å². The molecule has 1 aromatic heterocycles. The Kier molecular flexibility index (Phi) is 10.9. The molecule has 268 valence electrons. The first-order valence-corrected chi connectivity index (χ1v) is 18.4. The Morgan fingerprint density at radius 3 is 2.13 bits per heavy atom. The number of hydrogen-bond acceptors (Lipinski definition) is 5. The van der Waals surface area contributed by atoms with Gasteiger partial charge in [-0.15, -0.1) is 11.8 Å². The molecule has 0 aliphatic carbocycles. The highest BCUT2D eigenvalue weighted by Crippen LogP contribution is 2.38. The van der Waals surface area contributed by atoms with Crippen molar-refractivity contribution in [3.63, 3.8) is 0 Å². The van der Waals surface area contributed by atoms with Crippen LogP contribution in [0.15, 0.2) is 162 Å². The molecule has 0 radical (unpaired) electrons. The van der Waals surface area contributed by atoms with Gasteiger partial charge in [-0.2, -0.15) is 0 Å². The van der Waals surface area contributed by atoms with Gasteiger partial charge in [-0.1, -0.05) is 78.9 Å². The van der Waals surface area contributed by atoms with Crippen molar-refractivity contribution in [1.29, 1.82) is 0 Å². The molecule has 1 heterocycles. The lowest BCUT2D eigenvalue weighted by Crippen LogP contribution is -2.30. The van der Waals surface area contributed by atoms with Crippen molar-refractivity contribution in [1.82, 2.24) is 9.88 Å². The van der Waals surface area contributed by atoms with Crippen molar-refractivity contribution in [3.8, 4) is 5.75 Å². The minimum atomic E-state index is -0.551. The molecule has 7 aromatic rings. The lowest BCUT2D eigenvalue weighted by atomic mass is 10.1. The van der Waals surface area contributed by atoms with E-state index in [0.29, 0.717) is 22.6 Å². The van der Waals surface area contributed by atoms with Crippen molar-refractivity contribution in [2.45, 2.75) is 23.6 Å². The summed E-state index contributed by atoms with van der Waals surface area (Å²) >= 11 is 1.42. The van der Waals surface area contributed by atoms with Gasteiger partial charge < -0.3 is 25.3 Å². The van der Waals surface area contributed by atoms with Crippen LogP contribution in [0, 0.1) is 0 Å². The van der Waals surface area contributed by atoms with Crippen LogP contribution in [-0.4, -0.2) is 29.4 Å². The molecule has 0 saturated carbocycles. The summed E-state index contributed by atoms with van der Waals surface area (Å²) in [5.41, 5.74) is 5.56. The third-order valence-electron chi connectivity index (χ3n) is 9.00. The summed E-state index contributed by atoms with van der Waals surface area (Å²) < 4.78 is 7.62. The molecule has 9 heteroatoms. The summed E-state index contributed by atoms with van der Waals surface area (Å²) in [6, 6.07) is 47.2. The summed E-state index contributed by atoms with van der Waals surface area (Å²) in [7, 11) is 1.57. The number of methoxy groups -OCH3 is 1. The number of carbonyl (C=O) groups is 3. The predicted octanol–water partition coefficient (Wildman–Crippen LogP) is 9.70. The van der Waals surface area contributed by atoms with Crippen LogP contribution in [0.1, 0.15) is 33.7 Å². The molecule has 3 amide bonds. The monoisotopic (exact) mass is 730 g/mol. The molecule has 1 unspecified atom stereocenters. The van der Waals surface area contributed by atoms with Crippen molar-refractivity contribution < 1.29 is 19.1 Å². The highest BCUT2D eigenvalue weighted by Gasteiger charge is 2.23. The van der Waals surface area contributed by atoms with Gasteiger partial charge in [-0.05, 0) is 96.9 Å². The number of nitrogens with one attached hydrogen (secondary N) is 3. The minimum Gasteiger partial charge on any atom is -0.497 e. The van der Waals surface area contributed by atoms with Crippen molar-refractivity contribution >= 4 is 68.7 Å². The van der Waals surface area contributed by atoms with E-state index < -0.39 is 17.1 Å². The Balaban J connectivity index is 1.10. The van der Waals surface area contributed by atoms with Crippen LogP contribution in [0.3, 0.4) is 0 Å².